The molecule has 8 heteroatoms. The smallest absolute Gasteiger partial charge is 0.324 e. The maximum Gasteiger partial charge on any atom is 0.324 e. The van der Waals surface area contributed by atoms with E-state index in [4.69, 9.17) is 25.6 Å². The van der Waals surface area contributed by atoms with Gasteiger partial charge in [0.05, 0.1) is 23.3 Å². The number of halogens is 1. The van der Waals surface area contributed by atoms with Gasteiger partial charge in [0, 0.05) is 5.69 Å². The Labute approximate surface area is 153 Å². The summed E-state index contributed by atoms with van der Waals surface area (Å²) in [6.45, 7) is 0.264. The summed E-state index contributed by atoms with van der Waals surface area (Å²) in [5.41, 5.74) is 2.01. The van der Waals surface area contributed by atoms with Gasteiger partial charge in [-0.05, 0) is 30.3 Å². The van der Waals surface area contributed by atoms with Gasteiger partial charge >= 0.3 is 6.03 Å². The topological polar surface area (TPSA) is 85.6 Å². The van der Waals surface area contributed by atoms with E-state index in [1.165, 1.54) is 7.11 Å². The first kappa shape index (κ1) is 16.3. The molecule has 1 aliphatic heterocycles. The molecule has 0 unspecified atom stereocenters. The standard InChI is InChI=1S/C18H14ClN3O4/c1-24-15-7-6-10(8-13(15)19)20-18(23)21-17-12-9-25-14-5-3-2-4-11(14)16(12)26-22-17/h2-8H,9H2,1H3,(H2,20,21,22,23). The van der Waals surface area contributed by atoms with Crippen LogP contribution in [-0.2, 0) is 6.61 Å². The van der Waals surface area contributed by atoms with Crippen molar-refractivity contribution in [2.45, 2.75) is 6.61 Å². The lowest BCUT2D eigenvalue weighted by Crippen LogP contribution is -2.21. The van der Waals surface area contributed by atoms with Crippen molar-refractivity contribution >= 4 is 29.1 Å². The first-order valence-corrected chi connectivity index (χ1v) is 8.16. The van der Waals surface area contributed by atoms with E-state index in [1.54, 1.807) is 18.2 Å². The van der Waals surface area contributed by atoms with E-state index in [0.29, 0.717) is 33.6 Å². The maximum absolute atomic E-state index is 12.3. The highest BCUT2D eigenvalue weighted by molar-refractivity contribution is 6.32. The van der Waals surface area contributed by atoms with Crippen LogP contribution in [0.5, 0.6) is 11.5 Å². The molecule has 0 spiro atoms. The average Bonchev–Trinajstić information content (AvgIpc) is 3.05. The molecular formula is C18H14ClN3O4. The zero-order chi connectivity index (χ0) is 18.1. The van der Waals surface area contributed by atoms with Crippen molar-refractivity contribution < 1.29 is 18.8 Å². The molecule has 0 bridgehead atoms. The van der Waals surface area contributed by atoms with Crippen LogP contribution < -0.4 is 20.1 Å². The van der Waals surface area contributed by atoms with Gasteiger partial charge in [-0.1, -0.05) is 28.9 Å². The quantitative estimate of drug-likeness (QED) is 0.706. The van der Waals surface area contributed by atoms with Gasteiger partial charge < -0.3 is 19.3 Å². The molecule has 2 heterocycles. The fourth-order valence-corrected chi connectivity index (χ4v) is 2.95. The molecule has 0 aliphatic carbocycles. The van der Waals surface area contributed by atoms with Gasteiger partial charge in [-0.15, -0.1) is 0 Å². The van der Waals surface area contributed by atoms with E-state index in [2.05, 4.69) is 15.8 Å². The number of ether oxygens (including phenoxy) is 2. The monoisotopic (exact) mass is 371 g/mol. The van der Waals surface area contributed by atoms with Gasteiger partial charge in [0.15, 0.2) is 11.6 Å². The molecule has 0 saturated carbocycles. The molecule has 3 aromatic rings. The molecule has 2 amide bonds. The van der Waals surface area contributed by atoms with E-state index >= 15 is 0 Å². The van der Waals surface area contributed by atoms with Gasteiger partial charge in [0.25, 0.3) is 0 Å². The number of para-hydroxylation sites is 1. The van der Waals surface area contributed by atoms with Crippen LogP contribution in [0.3, 0.4) is 0 Å². The van der Waals surface area contributed by atoms with Crippen molar-refractivity contribution in [1.29, 1.82) is 0 Å². The number of nitrogens with zero attached hydrogens (tertiary/aromatic N) is 1. The lowest BCUT2D eigenvalue weighted by molar-refractivity contribution is 0.262. The summed E-state index contributed by atoms with van der Waals surface area (Å²) in [6, 6.07) is 12.0. The summed E-state index contributed by atoms with van der Waals surface area (Å²) < 4.78 is 16.2. The van der Waals surface area contributed by atoms with Crippen LogP contribution in [0.1, 0.15) is 5.56 Å². The Morgan fingerprint density at radius 1 is 1.23 bits per heavy atom. The number of aromatic nitrogens is 1. The SMILES string of the molecule is COc1ccc(NC(=O)Nc2noc3c2COc2ccccc2-3)cc1Cl. The number of methoxy groups -OCH3 is 1. The van der Waals surface area contributed by atoms with Crippen LogP contribution in [-0.4, -0.2) is 18.3 Å². The number of urea groups is 1. The van der Waals surface area contributed by atoms with E-state index < -0.39 is 6.03 Å². The lowest BCUT2D eigenvalue weighted by Gasteiger charge is -2.16. The Hall–Kier alpha value is -3.19. The Kier molecular flexibility index (Phi) is 4.14. The maximum atomic E-state index is 12.3. The molecule has 1 aromatic heterocycles. The summed E-state index contributed by atoms with van der Waals surface area (Å²) in [4.78, 5) is 12.3. The van der Waals surface area contributed by atoms with E-state index in [1.807, 2.05) is 24.3 Å². The molecular weight excluding hydrogens is 358 g/mol. The molecule has 0 radical (unpaired) electrons. The predicted molar refractivity (Wildman–Crippen MR) is 96.9 cm³/mol. The molecule has 26 heavy (non-hydrogen) atoms. The zero-order valence-corrected chi connectivity index (χ0v) is 14.5. The number of hydrogen-bond donors (Lipinski definition) is 2. The number of fused-ring (bicyclic) bond motifs is 3. The summed E-state index contributed by atoms with van der Waals surface area (Å²) in [7, 11) is 1.52. The van der Waals surface area contributed by atoms with Crippen LogP contribution in [0, 0.1) is 0 Å². The summed E-state index contributed by atoms with van der Waals surface area (Å²) >= 11 is 6.06. The third-order valence-electron chi connectivity index (χ3n) is 3.93. The molecule has 2 N–H and O–H groups in total. The van der Waals surface area contributed by atoms with Crippen molar-refractivity contribution in [3.8, 4) is 22.8 Å². The molecule has 0 saturated heterocycles. The molecule has 4 rings (SSSR count). The second-order valence-electron chi connectivity index (χ2n) is 5.55. The third-order valence-corrected chi connectivity index (χ3v) is 4.23. The minimum atomic E-state index is -0.471. The Bertz CT molecular complexity index is 986. The van der Waals surface area contributed by atoms with Gasteiger partial charge in [-0.2, -0.15) is 0 Å². The van der Waals surface area contributed by atoms with Crippen molar-refractivity contribution in [3.05, 3.63) is 53.1 Å². The number of carbonyl (C=O) groups is 1. The second-order valence-corrected chi connectivity index (χ2v) is 5.96. The lowest BCUT2D eigenvalue weighted by atomic mass is 10.1. The van der Waals surface area contributed by atoms with Crippen LogP contribution in [0.25, 0.3) is 11.3 Å². The summed E-state index contributed by atoms with van der Waals surface area (Å²) in [5, 5.41) is 9.70. The minimum absolute atomic E-state index is 0.264. The second kappa shape index (κ2) is 6.61. The number of nitrogens with one attached hydrogen (secondary N) is 2. The molecule has 1 aliphatic rings. The van der Waals surface area contributed by atoms with Crippen molar-refractivity contribution in [2.75, 3.05) is 17.7 Å². The van der Waals surface area contributed by atoms with E-state index in [0.717, 1.165) is 11.3 Å². The highest BCUT2D eigenvalue weighted by Gasteiger charge is 2.26. The molecule has 2 aromatic carbocycles. The highest BCUT2D eigenvalue weighted by Crippen LogP contribution is 2.40. The van der Waals surface area contributed by atoms with Gasteiger partial charge in [0.1, 0.15) is 18.1 Å². The van der Waals surface area contributed by atoms with Crippen LogP contribution in [0.15, 0.2) is 47.0 Å². The Balaban J connectivity index is 1.51. The predicted octanol–water partition coefficient (Wildman–Crippen LogP) is 4.54. The van der Waals surface area contributed by atoms with Crippen molar-refractivity contribution in [2.24, 2.45) is 0 Å². The Morgan fingerprint density at radius 3 is 2.88 bits per heavy atom. The first-order chi connectivity index (χ1) is 12.7. The number of benzene rings is 2. The zero-order valence-electron chi connectivity index (χ0n) is 13.7. The van der Waals surface area contributed by atoms with E-state index in [9.17, 15) is 4.79 Å². The average molecular weight is 372 g/mol. The first-order valence-electron chi connectivity index (χ1n) is 7.78. The van der Waals surface area contributed by atoms with Gasteiger partial charge in [0.2, 0.25) is 0 Å². The Morgan fingerprint density at radius 2 is 2.08 bits per heavy atom. The fourth-order valence-electron chi connectivity index (χ4n) is 2.70. The number of rotatable bonds is 3. The third kappa shape index (κ3) is 2.93. The number of carbonyl (C=O) groups excluding carboxylic acids is 1. The van der Waals surface area contributed by atoms with Crippen LogP contribution in [0.4, 0.5) is 16.3 Å². The molecule has 7 nitrogen and oxygen atoms in total. The van der Waals surface area contributed by atoms with Gasteiger partial charge in [-0.25, -0.2) is 4.79 Å². The number of amides is 2. The summed E-state index contributed by atoms with van der Waals surface area (Å²) in [6.07, 6.45) is 0. The normalized spacial score (nSPS) is 11.8. The van der Waals surface area contributed by atoms with E-state index in [-0.39, 0.29) is 6.61 Å². The number of anilines is 2. The van der Waals surface area contributed by atoms with Crippen LogP contribution in [0.2, 0.25) is 5.02 Å². The number of hydrogen-bond acceptors (Lipinski definition) is 5. The van der Waals surface area contributed by atoms with Crippen molar-refractivity contribution in [3.63, 3.8) is 0 Å². The van der Waals surface area contributed by atoms with Crippen molar-refractivity contribution in [1.82, 2.24) is 5.16 Å². The van der Waals surface area contributed by atoms with Gasteiger partial charge in [-0.3, -0.25) is 5.32 Å². The highest BCUT2D eigenvalue weighted by atomic mass is 35.5. The van der Waals surface area contributed by atoms with Crippen LogP contribution >= 0.6 is 11.6 Å². The largest absolute Gasteiger partial charge is 0.495 e. The fraction of sp³-hybridized carbons (Fsp3) is 0.111. The summed E-state index contributed by atoms with van der Waals surface area (Å²) in [5.74, 6) is 2.15. The molecule has 0 fully saturated rings. The minimum Gasteiger partial charge on any atom is -0.495 e. The molecule has 132 valence electrons. The molecule has 0 atom stereocenters.